The molecule has 0 aromatic rings. The van der Waals surface area contributed by atoms with Crippen molar-refractivity contribution < 1.29 is 0 Å². The molecule has 0 aromatic carbocycles. The summed E-state index contributed by atoms with van der Waals surface area (Å²) in [7, 11) is 0. The van der Waals surface area contributed by atoms with Gasteiger partial charge in [0, 0.05) is 19.1 Å². The Morgan fingerprint density at radius 3 is 2.60 bits per heavy atom. The van der Waals surface area contributed by atoms with Crippen LogP contribution in [0, 0.1) is 5.92 Å². The summed E-state index contributed by atoms with van der Waals surface area (Å²) >= 11 is 0. The van der Waals surface area contributed by atoms with Crippen LogP contribution in [0.3, 0.4) is 0 Å². The SMILES string of the molecule is C=C(CN)CN1CCCC1C1CCCC1. The van der Waals surface area contributed by atoms with Crippen LogP contribution in [0.1, 0.15) is 38.5 Å². The summed E-state index contributed by atoms with van der Waals surface area (Å²) in [4.78, 5) is 2.63. The van der Waals surface area contributed by atoms with E-state index in [2.05, 4.69) is 11.5 Å². The molecule has 2 aliphatic rings. The molecule has 2 N–H and O–H groups in total. The van der Waals surface area contributed by atoms with Crippen molar-refractivity contribution in [1.82, 2.24) is 4.90 Å². The predicted molar refractivity (Wildman–Crippen MR) is 64.7 cm³/mol. The van der Waals surface area contributed by atoms with Gasteiger partial charge in [0.15, 0.2) is 0 Å². The Labute approximate surface area is 93.5 Å². The Morgan fingerprint density at radius 1 is 1.20 bits per heavy atom. The minimum Gasteiger partial charge on any atom is -0.327 e. The molecule has 1 saturated carbocycles. The molecular formula is C13H24N2. The van der Waals surface area contributed by atoms with E-state index in [-0.39, 0.29) is 0 Å². The molecule has 2 nitrogen and oxygen atoms in total. The molecule has 2 fully saturated rings. The highest BCUT2D eigenvalue weighted by molar-refractivity contribution is 5.01. The maximum atomic E-state index is 5.62. The first-order chi connectivity index (χ1) is 7.31. The van der Waals surface area contributed by atoms with Crippen molar-refractivity contribution in [2.75, 3.05) is 19.6 Å². The number of hydrogen-bond acceptors (Lipinski definition) is 2. The molecule has 1 atom stereocenters. The average Bonchev–Trinajstić information content (AvgIpc) is 2.86. The highest BCUT2D eigenvalue weighted by Crippen LogP contribution is 2.35. The molecule has 0 radical (unpaired) electrons. The summed E-state index contributed by atoms with van der Waals surface area (Å²) in [5, 5.41) is 0. The van der Waals surface area contributed by atoms with E-state index in [0.29, 0.717) is 6.54 Å². The molecule has 0 aromatic heterocycles. The topological polar surface area (TPSA) is 29.3 Å². The lowest BCUT2D eigenvalue weighted by molar-refractivity contribution is 0.204. The lowest BCUT2D eigenvalue weighted by Gasteiger charge is -2.29. The molecule has 2 rings (SSSR count). The van der Waals surface area contributed by atoms with Crippen LogP contribution in [0.2, 0.25) is 0 Å². The van der Waals surface area contributed by atoms with Crippen LogP contribution in [0.5, 0.6) is 0 Å². The minimum atomic E-state index is 0.647. The third-order valence-electron chi connectivity index (χ3n) is 4.07. The van der Waals surface area contributed by atoms with Gasteiger partial charge in [-0.25, -0.2) is 0 Å². The second kappa shape index (κ2) is 5.13. The number of hydrogen-bond donors (Lipinski definition) is 1. The molecule has 15 heavy (non-hydrogen) atoms. The fourth-order valence-electron chi connectivity index (χ4n) is 3.28. The zero-order chi connectivity index (χ0) is 10.7. The second-order valence-corrected chi connectivity index (χ2v) is 5.18. The van der Waals surface area contributed by atoms with Crippen LogP contribution in [0.4, 0.5) is 0 Å². The van der Waals surface area contributed by atoms with Crippen LogP contribution in [0.15, 0.2) is 12.2 Å². The highest BCUT2D eigenvalue weighted by atomic mass is 15.2. The molecule has 2 heteroatoms. The van der Waals surface area contributed by atoms with Gasteiger partial charge in [-0.05, 0) is 43.7 Å². The largest absolute Gasteiger partial charge is 0.327 e. The van der Waals surface area contributed by atoms with Crippen molar-refractivity contribution in [3.05, 3.63) is 12.2 Å². The lowest BCUT2D eigenvalue weighted by Crippen LogP contribution is -2.36. The number of likely N-dealkylation sites (tertiary alicyclic amines) is 1. The fourth-order valence-corrected chi connectivity index (χ4v) is 3.28. The Morgan fingerprint density at radius 2 is 1.93 bits per heavy atom. The summed E-state index contributed by atoms with van der Waals surface area (Å²) in [6.45, 7) is 6.98. The van der Waals surface area contributed by atoms with Gasteiger partial charge in [0.2, 0.25) is 0 Å². The van der Waals surface area contributed by atoms with Crippen LogP contribution in [0.25, 0.3) is 0 Å². The normalized spacial score (nSPS) is 28.7. The molecular weight excluding hydrogens is 184 g/mol. The van der Waals surface area contributed by atoms with Crippen molar-refractivity contribution in [2.45, 2.75) is 44.6 Å². The zero-order valence-corrected chi connectivity index (χ0v) is 9.75. The van der Waals surface area contributed by atoms with Gasteiger partial charge in [-0.1, -0.05) is 19.4 Å². The van der Waals surface area contributed by atoms with Gasteiger partial charge in [0.1, 0.15) is 0 Å². The number of rotatable bonds is 4. The quantitative estimate of drug-likeness (QED) is 0.717. The van der Waals surface area contributed by atoms with Crippen molar-refractivity contribution >= 4 is 0 Å². The van der Waals surface area contributed by atoms with Gasteiger partial charge in [-0.3, -0.25) is 4.90 Å². The maximum Gasteiger partial charge on any atom is 0.0205 e. The average molecular weight is 208 g/mol. The van der Waals surface area contributed by atoms with Crippen LogP contribution >= 0.6 is 0 Å². The predicted octanol–water partition coefficient (Wildman–Crippen LogP) is 2.16. The summed E-state index contributed by atoms with van der Waals surface area (Å²) in [6.07, 6.45) is 8.59. The Kier molecular flexibility index (Phi) is 3.81. The monoisotopic (exact) mass is 208 g/mol. The molecule has 0 spiro atoms. The maximum absolute atomic E-state index is 5.62. The van der Waals surface area contributed by atoms with E-state index in [1.165, 1.54) is 50.6 Å². The van der Waals surface area contributed by atoms with Gasteiger partial charge >= 0.3 is 0 Å². The molecule has 0 amide bonds. The van der Waals surface area contributed by atoms with Crippen LogP contribution < -0.4 is 5.73 Å². The summed E-state index contributed by atoms with van der Waals surface area (Å²) in [5.41, 5.74) is 6.82. The molecule has 1 heterocycles. The van der Waals surface area contributed by atoms with Crippen molar-refractivity contribution in [3.8, 4) is 0 Å². The minimum absolute atomic E-state index is 0.647. The molecule has 1 aliphatic carbocycles. The van der Waals surface area contributed by atoms with E-state index in [4.69, 9.17) is 5.73 Å². The lowest BCUT2D eigenvalue weighted by atomic mass is 9.96. The number of nitrogens with zero attached hydrogens (tertiary/aromatic N) is 1. The fraction of sp³-hybridized carbons (Fsp3) is 0.846. The summed E-state index contributed by atoms with van der Waals surface area (Å²) in [5.74, 6) is 0.970. The Balaban J connectivity index is 1.89. The van der Waals surface area contributed by atoms with Gasteiger partial charge < -0.3 is 5.73 Å². The van der Waals surface area contributed by atoms with Gasteiger partial charge in [-0.2, -0.15) is 0 Å². The first kappa shape index (κ1) is 11.2. The molecule has 0 bridgehead atoms. The molecule has 1 saturated heterocycles. The first-order valence-electron chi connectivity index (χ1n) is 6.42. The van der Waals surface area contributed by atoms with Gasteiger partial charge in [-0.15, -0.1) is 0 Å². The smallest absolute Gasteiger partial charge is 0.0205 e. The summed E-state index contributed by atoms with van der Waals surface area (Å²) < 4.78 is 0. The van der Waals surface area contributed by atoms with Crippen molar-refractivity contribution in [2.24, 2.45) is 11.7 Å². The summed E-state index contributed by atoms with van der Waals surface area (Å²) in [6, 6.07) is 0.843. The zero-order valence-electron chi connectivity index (χ0n) is 9.75. The van der Waals surface area contributed by atoms with Crippen molar-refractivity contribution in [1.29, 1.82) is 0 Å². The van der Waals surface area contributed by atoms with Crippen LogP contribution in [-0.2, 0) is 0 Å². The van der Waals surface area contributed by atoms with Crippen molar-refractivity contribution in [3.63, 3.8) is 0 Å². The van der Waals surface area contributed by atoms with Gasteiger partial charge in [0.25, 0.3) is 0 Å². The van der Waals surface area contributed by atoms with E-state index in [1.807, 2.05) is 0 Å². The Hall–Kier alpha value is -0.340. The Bertz CT molecular complexity index is 219. The third-order valence-corrected chi connectivity index (χ3v) is 4.07. The molecule has 1 unspecified atom stereocenters. The third kappa shape index (κ3) is 2.61. The van der Waals surface area contributed by atoms with Gasteiger partial charge in [0.05, 0.1) is 0 Å². The highest BCUT2D eigenvalue weighted by Gasteiger charge is 2.32. The number of nitrogens with two attached hydrogens (primary N) is 1. The van der Waals surface area contributed by atoms with E-state index >= 15 is 0 Å². The van der Waals surface area contributed by atoms with E-state index in [1.54, 1.807) is 0 Å². The second-order valence-electron chi connectivity index (χ2n) is 5.18. The van der Waals surface area contributed by atoms with E-state index in [9.17, 15) is 0 Å². The van der Waals surface area contributed by atoms with Crippen LogP contribution in [-0.4, -0.2) is 30.6 Å². The van der Waals surface area contributed by atoms with E-state index < -0.39 is 0 Å². The standard InChI is InChI=1S/C13H24N2/c1-11(9-14)10-15-8-4-7-13(15)12-5-2-3-6-12/h12-13H,1-10,14H2. The first-order valence-corrected chi connectivity index (χ1v) is 6.42. The molecule has 86 valence electrons. The molecule has 1 aliphatic heterocycles. The van der Waals surface area contributed by atoms with E-state index in [0.717, 1.165) is 18.5 Å².